The number of allylic oxidation sites excluding steroid dienone is 1. The summed E-state index contributed by atoms with van der Waals surface area (Å²) in [5.41, 5.74) is -0.924. The van der Waals surface area contributed by atoms with Gasteiger partial charge in [-0.15, -0.1) is 0 Å². The third-order valence-electron chi connectivity index (χ3n) is 5.83. The third kappa shape index (κ3) is 4.03. The van der Waals surface area contributed by atoms with E-state index in [-0.39, 0.29) is 25.0 Å². The molecule has 0 spiro atoms. The number of aliphatic hydroxyl groups is 4. The van der Waals surface area contributed by atoms with Gasteiger partial charge in [-0.3, -0.25) is 4.79 Å². The molecule has 150 valence electrons. The van der Waals surface area contributed by atoms with Crippen molar-refractivity contribution in [3.63, 3.8) is 0 Å². The lowest BCUT2D eigenvalue weighted by molar-refractivity contribution is -0.258. The van der Waals surface area contributed by atoms with Crippen LogP contribution in [0.5, 0.6) is 0 Å². The Morgan fingerprint density at radius 3 is 2.58 bits per heavy atom. The molecule has 2 unspecified atom stereocenters. The van der Waals surface area contributed by atoms with E-state index in [4.69, 9.17) is 9.47 Å². The molecule has 0 aromatic heterocycles. The summed E-state index contributed by atoms with van der Waals surface area (Å²) in [7, 11) is 0. The van der Waals surface area contributed by atoms with Gasteiger partial charge in [0.25, 0.3) is 0 Å². The number of ether oxygens (including phenoxy) is 2. The standard InChI is InChI=1S/C19H32O7/c1-5-7-11(3)17-18(4,26-17)16(23)12(9-20)15(22)13-10-25-19(24,6-2)8-14(13)21/h5,7,11-14,16-17,20-21,23-24H,6,8-10H2,1-4H3/t11-,12-,13+,14?,16-,17+,18?,19+/m0/s1. The van der Waals surface area contributed by atoms with Gasteiger partial charge in [0.15, 0.2) is 5.79 Å². The molecule has 26 heavy (non-hydrogen) atoms. The normalized spacial score (nSPS) is 41.0. The topological polar surface area (TPSA) is 120 Å². The van der Waals surface area contributed by atoms with E-state index in [9.17, 15) is 25.2 Å². The van der Waals surface area contributed by atoms with Crippen LogP contribution in [0.2, 0.25) is 0 Å². The minimum Gasteiger partial charge on any atom is -0.396 e. The quantitative estimate of drug-likeness (QED) is 0.359. The molecule has 0 bridgehead atoms. The van der Waals surface area contributed by atoms with Gasteiger partial charge in [-0.1, -0.05) is 26.0 Å². The fourth-order valence-electron chi connectivity index (χ4n) is 3.93. The molecular weight excluding hydrogens is 340 g/mol. The zero-order chi connectivity index (χ0) is 19.7. The predicted molar refractivity (Wildman–Crippen MR) is 94.2 cm³/mol. The van der Waals surface area contributed by atoms with Gasteiger partial charge in [-0.05, 0) is 20.3 Å². The summed E-state index contributed by atoms with van der Waals surface area (Å²) in [6.07, 6.45) is 1.55. The van der Waals surface area contributed by atoms with Gasteiger partial charge in [0.2, 0.25) is 0 Å². The van der Waals surface area contributed by atoms with Gasteiger partial charge >= 0.3 is 0 Å². The average molecular weight is 372 g/mol. The highest BCUT2D eigenvalue weighted by Gasteiger charge is 2.62. The number of aliphatic hydroxyl groups excluding tert-OH is 3. The van der Waals surface area contributed by atoms with E-state index in [1.165, 1.54) is 0 Å². The molecular formula is C19H32O7. The maximum absolute atomic E-state index is 12.8. The SMILES string of the molecule is CC=C[C@H](C)[C@H]1OC1(C)[C@@H](O)[C@@H](CO)C(=O)[C@@H]1CO[C@](O)(CC)CC1O. The molecule has 4 N–H and O–H groups in total. The Bertz CT molecular complexity index is 536. The van der Waals surface area contributed by atoms with Crippen LogP contribution in [0.4, 0.5) is 0 Å². The first-order valence-corrected chi connectivity index (χ1v) is 9.31. The summed E-state index contributed by atoms with van der Waals surface area (Å²) >= 11 is 0. The van der Waals surface area contributed by atoms with Crippen molar-refractivity contribution in [2.45, 2.75) is 70.2 Å². The largest absolute Gasteiger partial charge is 0.396 e. The minimum atomic E-state index is -1.44. The molecule has 2 heterocycles. The fraction of sp³-hybridized carbons (Fsp3) is 0.842. The monoisotopic (exact) mass is 372 g/mol. The van der Waals surface area contributed by atoms with E-state index in [1.807, 2.05) is 26.0 Å². The number of hydrogen-bond donors (Lipinski definition) is 4. The molecule has 2 aliphatic heterocycles. The predicted octanol–water partition coefficient (Wildman–Crippen LogP) is 0.391. The van der Waals surface area contributed by atoms with Crippen LogP contribution in [0, 0.1) is 17.8 Å². The van der Waals surface area contributed by atoms with E-state index >= 15 is 0 Å². The highest BCUT2D eigenvalue weighted by molar-refractivity contribution is 5.85. The van der Waals surface area contributed by atoms with Crippen LogP contribution in [-0.4, -0.2) is 69.1 Å². The average Bonchev–Trinajstić information content (AvgIpc) is 3.29. The summed E-state index contributed by atoms with van der Waals surface area (Å²) in [4.78, 5) is 12.8. The highest BCUT2D eigenvalue weighted by Crippen LogP contribution is 2.47. The van der Waals surface area contributed by atoms with Crippen molar-refractivity contribution in [3.8, 4) is 0 Å². The van der Waals surface area contributed by atoms with Gasteiger partial charge in [0.05, 0.1) is 43.4 Å². The third-order valence-corrected chi connectivity index (χ3v) is 5.83. The first kappa shape index (κ1) is 21.5. The number of ketones is 1. The molecule has 0 amide bonds. The summed E-state index contributed by atoms with van der Waals surface area (Å²) in [6.45, 7) is 6.61. The molecule has 0 aliphatic carbocycles. The smallest absolute Gasteiger partial charge is 0.167 e. The van der Waals surface area contributed by atoms with E-state index in [0.717, 1.165) is 0 Å². The number of hydrogen-bond acceptors (Lipinski definition) is 7. The van der Waals surface area contributed by atoms with Crippen LogP contribution < -0.4 is 0 Å². The Morgan fingerprint density at radius 1 is 1.42 bits per heavy atom. The zero-order valence-corrected chi connectivity index (χ0v) is 16.0. The maximum Gasteiger partial charge on any atom is 0.167 e. The molecule has 2 saturated heterocycles. The highest BCUT2D eigenvalue weighted by atomic mass is 16.6. The zero-order valence-electron chi connectivity index (χ0n) is 16.0. The van der Waals surface area contributed by atoms with E-state index in [0.29, 0.717) is 6.42 Å². The Labute approximate surface area is 154 Å². The van der Waals surface area contributed by atoms with Gasteiger partial charge in [0.1, 0.15) is 11.4 Å². The molecule has 0 radical (unpaired) electrons. The number of rotatable bonds is 8. The van der Waals surface area contributed by atoms with Crippen molar-refractivity contribution >= 4 is 5.78 Å². The number of Topliss-reactive ketones (excluding diaryl/α,β-unsaturated/α-hetero) is 1. The number of carbonyl (C=O) groups excluding carboxylic acids is 1. The summed E-state index contributed by atoms with van der Waals surface area (Å²) in [6, 6.07) is 0. The van der Waals surface area contributed by atoms with Crippen molar-refractivity contribution in [1.29, 1.82) is 0 Å². The lowest BCUT2D eigenvalue weighted by atomic mass is 9.78. The van der Waals surface area contributed by atoms with Crippen LogP contribution >= 0.6 is 0 Å². The molecule has 2 aliphatic rings. The second kappa shape index (κ2) is 8.04. The molecule has 0 aromatic rings. The minimum absolute atomic E-state index is 0.0669. The second-order valence-electron chi connectivity index (χ2n) is 7.73. The van der Waals surface area contributed by atoms with Gasteiger partial charge < -0.3 is 29.9 Å². The van der Waals surface area contributed by atoms with Gasteiger partial charge in [-0.2, -0.15) is 0 Å². The van der Waals surface area contributed by atoms with Gasteiger partial charge in [0, 0.05) is 12.3 Å². The molecule has 7 nitrogen and oxygen atoms in total. The van der Waals surface area contributed by atoms with Crippen molar-refractivity contribution < 1.29 is 34.7 Å². The first-order chi connectivity index (χ1) is 12.1. The summed E-state index contributed by atoms with van der Waals surface area (Å²) in [5, 5.41) is 40.9. The summed E-state index contributed by atoms with van der Waals surface area (Å²) < 4.78 is 11.0. The molecule has 7 heteroatoms. The van der Waals surface area contributed by atoms with Crippen LogP contribution in [0.1, 0.15) is 40.5 Å². The van der Waals surface area contributed by atoms with E-state index < -0.39 is 47.8 Å². The summed E-state index contributed by atoms with van der Waals surface area (Å²) in [5.74, 6) is -3.83. The molecule has 0 aromatic carbocycles. The van der Waals surface area contributed by atoms with Crippen molar-refractivity contribution in [2.24, 2.45) is 17.8 Å². The lowest BCUT2D eigenvalue weighted by Crippen LogP contribution is -2.53. The van der Waals surface area contributed by atoms with Crippen LogP contribution in [0.25, 0.3) is 0 Å². The van der Waals surface area contributed by atoms with Crippen molar-refractivity contribution in [3.05, 3.63) is 12.2 Å². The van der Waals surface area contributed by atoms with Crippen LogP contribution in [-0.2, 0) is 14.3 Å². The van der Waals surface area contributed by atoms with Crippen LogP contribution in [0.15, 0.2) is 12.2 Å². The van der Waals surface area contributed by atoms with Crippen molar-refractivity contribution in [2.75, 3.05) is 13.2 Å². The Hall–Kier alpha value is -0.830. The second-order valence-corrected chi connectivity index (χ2v) is 7.73. The van der Waals surface area contributed by atoms with Crippen LogP contribution in [0.3, 0.4) is 0 Å². The lowest BCUT2D eigenvalue weighted by Gasteiger charge is -2.39. The Kier molecular flexibility index (Phi) is 6.64. The fourth-order valence-corrected chi connectivity index (χ4v) is 3.93. The van der Waals surface area contributed by atoms with Gasteiger partial charge in [-0.25, -0.2) is 0 Å². The molecule has 2 fully saturated rings. The molecule has 8 atom stereocenters. The first-order valence-electron chi connectivity index (χ1n) is 9.31. The Morgan fingerprint density at radius 2 is 2.08 bits per heavy atom. The van der Waals surface area contributed by atoms with Crippen molar-refractivity contribution in [1.82, 2.24) is 0 Å². The Balaban J connectivity index is 2.07. The number of epoxide rings is 1. The van der Waals surface area contributed by atoms with E-state index in [2.05, 4.69) is 0 Å². The molecule has 0 saturated carbocycles. The number of carbonyl (C=O) groups is 1. The maximum atomic E-state index is 12.8. The van der Waals surface area contributed by atoms with E-state index in [1.54, 1.807) is 13.8 Å². The molecule has 2 rings (SSSR count).